The second-order valence-corrected chi connectivity index (χ2v) is 4.97. The van der Waals surface area contributed by atoms with Gasteiger partial charge in [-0.2, -0.15) is 0 Å². The minimum atomic E-state index is -0.960. The number of allylic oxidation sites excluding steroid dienone is 2. The Morgan fingerprint density at radius 3 is 1.62 bits per heavy atom. The van der Waals surface area contributed by atoms with Gasteiger partial charge in [0.2, 0.25) is 0 Å². The van der Waals surface area contributed by atoms with Gasteiger partial charge in [0.15, 0.2) is 0 Å². The van der Waals surface area contributed by atoms with E-state index >= 15 is 0 Å². The SMILES string of the molecule is CC(C)=C1[C@@H]2CC[C@@H]1[C@@H](C(=O)O)[C@@H]2C(=O)O. The summed E-state index contributed by atoms with van der Waals surface area (Å²) in [7, 11) is 0. The highest BCUT2D eigenvalue weighted by molar-refractivity contribution is 5.83. The Bertz CT molecular complexity index is 348. The van der Waals surface area contributed by atoms with Gasteiger partial charge in [0.1, 0.15) is 0 Å². The molecule has 2 saturated carbocycles. The van der Waals surface area contributed by atoms with Gasteiger partial charge in [-0.3, -0.25) is 9.59 Å². The fourth-order valence-electron chi connectivity index (χ4n) is 3.58. The van der Waals surface area contributed by atoms with Crippen molar-refractivity contribution in [3.05, 3.63) is 11.1 Å². The van der Waals surface area contributed by atoms with Crippen LogP contribution in [0.25, 0.3) is 0 Å². The highest BCUT2D eigenvalue weighted by Crippen LogP contribution is 2.56. The molecule has 16 heavy (non-hydrogen) atoms. The van der Waals surface area contributed by atoms with Crippen LogP contribution in [0.4, 0.5) is 0 Å². The topological polar surface area (TPSA) is 74.6 Å². The molecule has 2 aliphatic carbocycles. The molecular weight excluding hydrogens is 208 g/mol. The Hall–Kier alpha value is -1.32. The first-order valence-electron chi connectivity index (χ1n) is 5.58. The molecule has 2 fully saturated rings. The van der Waals surface area contributed by atoms with Crippen molar-refractivity contribution in [2.45, 2.75) is 26.7 Å². The molecule has 0 aromatic heterocycles. The van der Waals surface area contributed by atoms with Crippen LogP contribution in [0, 0.1) is 23.7 Å². The standard InChI is InChI=1S/C12H16O4/c1-5(2)8-6-3-4-7(8)10(12(15)16)9(6)11(13)14/h6-7,9-10H,3-4H2,1-2H3,(H,13,14)(H,15,16)/t6-,7-,9+,10+/m0/s1. The largest absolute Gasteiger partial charge is 0.481 e. The highest BCUT2D eigenvalue weighted by atomic mass is 16.4. The zero-order chi connectivity index (χ0) is 12.0. The fourth-order valence-corrected chi connectivity index (χ4v) is 3.58. The second-order valence-electron chi connectivity index (χ2n) is 4.97. The Morgan fingerprint density at radius 2 is 1.38 bits per heavy atom. The van der Waals surface area contributed by atoms with Gasteiger partial charge in [-0.05, 0) is 38.5 Å². The lowest BCUT2D eigenvalue weighted by Crippen LogP contribution is -2.34. The summed E-state index contributed by atoms with van der Waals surface area (Å²) in [6.45, 7) is 3.90. The zero-order valence-corrected chi connectivity index (χ0v) is 9.43. The minimum Gasteiger partial charge on any atom is -0.481 e. The Morgan fingerprint density at radius 1 is 1.00 bits per heavy atom. The van der Waals surface area contributed by atoms with Crippen LogP contribution in [0.15, 0.2) is 11.1 Å². The van der Waals surface area contributed by atoms with Crippen molar-refractivity contribution in [3.8, 4) is 0 Å². The second kappa shape index (κ2) is 3.61. The zero-order valence-electron chi connectivity index (χ0n) is 9.43. The number of aliphatic carboxylic acids is 2. The number of hydrogen-bond donors (Lipinski definition) is 2. The van der Waals surface area contributed by atoms with E-state index in [1.54, 1.807) is 0 Å². The van der Waals surface area contributed by atoms with E-state index in [-0.39, 0.29) is 11.8 Å². The van der Waals surface area contributed by atoms with Gasteiger partial charge in [0.05, 0.1) is 11.8 Å². The first-order chi connectivity index (χ1) is 7.45. The quantitative estimate of drug-likeness (QED) is 0.701. The van der Waals surface area contributed by atoms with Crippen LogP contribution in [0.2, 0.25) is 0 Å². The monoisotopic (exact) mass is 224 g/mol. The van der Waals surface area contributed by atoms with E-state index in [9.17, 15) is 9.59 Å². The number of carboxylic acids is 2. The maximum atomic E-state index is 11.2. The Kier molecular flexibility index (Phi) is 2.52. The third-order valence-electron chi connectivity index (χ3n) is 3.99. The fraction of sp³-hybridized carbons (Fsp3) is 0.667. The molecule has 88 valence electrons. The van der Waals surface area contributed by atoms with Crippen molar-refractivity contribution in [2.24, 2.45) is 23.7 Å². The van der Waals surface area contributed by atoms with Gasteiger partial charge < -0.3 is 10.2 Å². The highest BCUT2D eigenvalue weighted by Gasteiger charge is 2.57. The molecule has 0 unspecified atom stereocenters. The first kappa shape index (κ1) is 11.2. The average Bonchev–Trinajstić information content (AvgIpc) is 2.70. The lowest BCUT2D eigenvalue weighted by atomic mass is 9.79. The van der Waals surface area contributed by atoms with E-state index in [0.717, 1.165) is 24.0 Å². The minimum absolute atomic E-state index is 0.0476. The van der Waals surface area contributed by atoms with Gasteiger partial charge in [-0.15, -0.1) is 0 Å². The molecule has 4 atom stereocenters. The summed E-state index contributed by atoms with van der Waals surface area (Å²) in [5.74, 6) is -3.46. The predicted molar refractivity (Wildman–Crippen MR) is 56.8 cm³/mol. The van der Waals surface area contributed by atoms with Gasteiger partial charge in [0.25, 0.3) is 0 Å². The normalized spacial score (nSPS) is 36.5. The molecule has 0 amide bonds. The van der Waals surface area contributed by atoms with Crippen LogP contribution in [0.3, 0.4) is 0 Å². The molecule has 0 aromatic carbocycles. The summed E-state index contributed by atoms with van der Waals surface area (Å²) < 4.78 is 0. The van der Waals surface area contributed by atoms with Crippen LogP contribution in [0.5, 0.6) is 0 Å². The molecule has 0 saturated heterocycles. The van der Waals surface area contributed by atoms with Crippen molar-refractivity contribution in [3.63, 3.8) is 0 Å². The summed E-state index contributed by atoms with van der Waals surface area (Å²) in [5, 5.41) is 18.3. The first-order valence-corrected chi connectivity index (χ1v) is 5.58. The van der Waals surface area contributed by atoms with E-state index in [1.165, 1.54) is 0 Å². The summed E-state index contributed by atoms with van der Waals surface area (Å²) >= 11 is 0. The lowest BCUT2D eigenvalue weighted by Gasteiger charge is -2.23. The van der Waals surface area contributed by atoms with Gasteiger partial charge in [-0.25, -0.2) is 0 Å². The molecule has 0 aliphatic heterocycles. The van der Waals surface area contributed by atoms with Crippen LogP contribution >= 0.6 is 0 Å². The van der Waals surface area contributed by atoms with Crippen molar-refractivity contribution < 1.29 is 19.8 Å². The molecular formula is C12H16O4. The number of carbonyl (C=O) groups is 2. The van der Waals surface area contributed by atoms with Crippen LogP contribution < -0.4 is 0 Å². The summed E-state index contributed by atoms with van der Waals surface area (Å²) in [6, 6.07) is 0. The van der Waals surface area contributed by atoms with Gasteiger partial charge in [-0.1, -0.05) is 11.1 Å². The molecule has 0 heterocycles. The van der Waals surface area contributed by atoms with Gasteiger partial charge >= 0.3 is 11.9 Å². The maximum Gasteiger partial charge on any atom is 0.308 e. The third kappa shape index (κ3) is 1.36. The predicted octanol–water partition coefficient (Wildman–Crippen LogP) is 1.76. The molecule has 0 spiro atoms. The maximum absolute atomic E-state index is 11.2. The molecule has 0 aromatic rings. The van der Waals surface area contributed by atoms with Crippen LogP contribution in [-0.4, -0.2) is 22.2 Å². The smallest absolute Gasteiger partial charge is 0.308 e. The molecule has 4 nitrogen and oxygen atoms in total. The molecule has 4 heteroatoms. The van der Waals surface area contributed by atoms with Gasteiger partial charge in [0, 0.05) is 0 Å². The van der Waals surface area contributed by atoms with E-state index < -0.39 is 23.8 Å². The number of hydrogen-bond acceptors (Lipinski definition) is 2. The van der Waals surface area contributed by atoms with Crippen LogP contribution in [0.1, 0.15) is 26.7 Å². The number of carboxylic acid groups (broad SMARTS) is 2. The lowest BCUT2D eigenvalue weighted by molar-refractivity contribution is -0.156. The molecule has 2 N–H and O–H groups in total. The number of fused-ring (bicyclic) bond motifs is 2. The summed E-state index contributed by atoms with van der Waals surface area (Å²) in [5.41, 5.74) is 2.20. The Labute approximate surface area is 94.0 Å². The third-order valence-corrected chi connectivity index (χ3v) is 3.99. The van der Waals surface area contributed by atoms with Crippen molar-refractivity contribution in [1.29, 1.82) is 0 Å². The molecule has 2 bridgehead atoms. The molecule has 2 aliphatic rings. The summed E-state index contributed by atoms with van der Waals surface area (Å²) in [4.78, 5) is 22.4. The average molecular weight is 224 g/mol. The molecule has 2 rings (SSSR count). The van der Waals surface area contributed by atoms with E-state index in [1.807, 2.05) is 13.8 Å². The number of rotatable bonds is 2. The van der Waals surface area contributed by atoms with Crippen molar-refractivity contribution in [1.82, 2.24) is 0 Å². The van der Waals surface area contributed by atoms with Crippen molar-refractivity contribution >= 4 is 11.9 Å². The summed E-state index contributed by atoms with van der Waals surface area (Å²) in [6.07, 6.45) is 1.65. The molecule has 0 radical (unpaired) electrons. The Balaban J connectivity index is 2.46. The van der Waals surface area contributed by atoms with E-state index in [4.69, 9.17) is 10.2 Å². The van der Waals surface area contributed by atoms with E-state index in [2.05, 4.69) is 0 Å². The van der Waals surface area contributed by atoms with Crippen molar-refractivity contribution in [2.75, 3.05) is 0 Å². The van der Waals surface area contributed by atoms with Crippen LogP contribution in [-0.2, 0) is 9.59 Å². The van der Waals surface area contributed by atoms with E-state index in [0.29, 0.717) is 0 Å².